The van der Waals surface area contributed by atoms with E-state index in [-0.39, 0.29) is 0 Å². The molecule has 0 radical (unpaired) electrons. The number of rotatable bonds is 5. The van der Waals surface area contributed by atoms with Crippen LogP contribution in [0.15, 0.2) is 18.7 Å². The Balaban J connectivity index is 1.73. The Labute approximate surface area is 97.4 Å². The second-order valence-corrected chi connectivity index (χ2v) is 4.76. The summed E-state index contributed by atoms with van der Waals surface area (Å²) in [4.78, 5) is 6.59. The number of nitrogens with two attached hydrogens (primary N) is 1. The summed E-state index contributed by atoms with van der Waals surface area (Å²) in [5, 5.41) is 0. The summed E-state index contributed by atoms with van der Waals surface area (Å²) in [6.07, 6.45) is 8.22. The summed E-state index contributed by atoms with van der Waals surface area (Å²) in [7, 11) is 0. The largest absolute Gasteiger partial charge is 0.337 e. The zero-order valence-corrected chi connectivity index (χ0v) is 10.0. The Kier molecular flexibility index (Phi) is 3.96. The van der Waals surface area contributed by atoms with Crippen LogP contribution in [0.3, 0.4) is 0 Å². The molecule has 4 nitrogen and oxygen atoms in total. The molecular weight excluding hydrogens is 200 g/mol. The van der Waals surface area contributed by atoms with Gasteiger partial charge in [0.1, 0.15) is 0 Å². The van der Waals surface area contributed by atoms with E-state index in [4.69, 9.17) is 5.73 Å². The first kappa shape index (κ1) is 11.6. The average molecular weight is 222 g/mol. The van der Waals surface area contributed by atoms with E-state index in [0.29, 0.717) is 6.04 Å². The Bertz CT molecular complexity index is 296. The van der Waals surface area contributed by atoms with Gasteiger partial charge >= 0.3 is 0 Å². The van der Waals surface area contributed by atoms with Crippen LogP contribution in [-0.4, -0.2) is 40.1 Å². The predicted octanol–water partition coefficient (Wildman–Crippen LogP) is 0.942. The maximum atomic E-state index is 5.82. The highest BCUT2D eigenvalue weighted by Crippen LogP contribution is 2.22. The van der Waals surface area contributed by atoms with Crippen molar-refractivity contribution in [1.29, 1.82) is 0 Å². The van der Waals surface area contributed by atoms with Crippen molar-refractivity contribution in [1.82, 2.24) is 14.5 Å². The molecule has 1 aliphatic heterocycles. The summed E-state index contributed by atoms with van der Waals surface area (Å²) in [5.41, 5.74) is 5.82. The maximum absolute atomic E-state index is 5.82. The highest BCUT2D eigenvalue weighted by molar-refractivity contribution is 4.85. The first-order chi connectivity index (χ1) is 7.81. The smallest absolute Gasteiger partial charge is 0.0945 e. The molecule has 0 saturated carbocycles. The maximum Gasteiger partial charge on any atom is 0.0945 e. The minimum Gasteiger partial charge on any atom is -0.337 e. The molecule has 0 aromatic carbocycles. The summed E-state index contributed by atoms with van der Waals surface area (Å²) < 4.78 is 2.14. The Morgan fingerprint density at radius 2 is 2.31 bits per heavy atom. The number of imidazole rings is 1. The Hall–Kier alpha value is -0.870. The molecule has 0 spiro atoms. The molecule has 1 saturated heterocycles. The zero-order chi connectivity index (χ0) is 11.4. The molecule has 16 heavy (non-hydrogen) atoms. The van der Waals surface area contributed by atoms with E-state index in [2.05, 4.69) is 21.4 Å². The van der Waals surface area contributed by atoms with E-state index in [9.17, 15) is 0 Å². The predicted molar refractivity (Wildman–Crippen MR) is 65.0 cm³/mol. The van der Waals surface area contributed by atoms with E-state index < -0.39 is 0 Å². The third kappa shape index (κ3) is 2.62. The van der Waals surface area contributed by atoms with Crippen LogP contribution in [0.1, 0.15) is 19.8 Å². The molecule has 1 fully saturated rings. The molecule has 90 valence electrons. The van der Waals surface area contributed by atoms with E-state index in [0.717, 1.165) is 25.6 Å². The van der Waals surface area contributed by atoms with Gasteiger partial charge in [0.15, 0.2) is 0 Å². The van der Waals surface area contributed by atoms with Crippen LogP contribution in [0.25, 0.3) is 0 Å². The molecule has 0 amide bonds. The van der Waals surface area contributed by atoms with Crippen LogP contribution < -0.4 is 5.73 Å². The summed E-state index contributed by atoms with van der Waals surface area (Å²) >= 11 is 0. The Morgan fingerprint density at radius 1 is 1.44 bits per heavy atom. The molecular formula is C12H22N4. The molecule has 2 atom stereocenters. The van der Waals surface area contributed by atoms with Crippen LogP contribution >= 0.6 is 0 Å². The molecule has 2 rings (SSSR count). The number of hydrogen-bond donors (Lipinski definition) is 1. The highest BCUT2D eigenvalue weighted by atomic mass is 15.2. The molecule has 1 aliphatic rings. The first-order valence-corrected chi connectivity index (χ1v) is 6.21. The van der Waals surface area contributed by atoms with Gasteiger partial charge < -0.3 is 10.3 Å². The van der Waals surface area contributed by atoms with Crippen LogP contribution in [-0.2, 0) is 6.54 Å². The number of nitrogens with zero attached hydrogens (tertiary/aromatic N) is 3. The summed E-state index contributed by atoms with van der Waals surface area (Å²) in [6.45, 7) is 6.54. The number of aryl methyl sites for hydroxylation is 1. The standard InChI is InChI=1S/C12H22N4/c1-11-3-7-16(12(11)9-13)6-2-5-15-8-4-14-10-15/h4,8,10-12H,2-3,5-7,9,13H2,1H3. The van der Waals surface area contributed by atoms with Gasteiger partial charge in [-0.15, -0.1) is 0 Å². The zero-order valence-electron chi connectivity index (χ0n) is 10.0. The summed E-state index contributed by atoms with van der Waals surface area (Å²) in [6, 6.07) is 0.600. The van der Waals surface area contributed by atoms with Crippen molar-refractivity contribution in [3.05, 3.63) is 18.7 Å². The fourth-order valence-electron chi connectivity index (χ4n) is 2.62. The van der Waals surface area contributed by atoms with Gasteiger partial charge in [0.2, 0.25) is 0 Å². The fourth-order valence-corrected chi connectivity index (χ4v) is 2.62. The van der Waals surface area contributed by atoms with Gasteiger partial charge in [0.25, 0.3) is 0 Å². The molecule has 2 heterocycles. The lowest BCUT2D eigenvalue weighted by Crippen LogP contribution is -2.39. The normalized spacial score (nSPS) is 26.4. The number of hydrogen-bond acceptors (Lipinski definition) is 3. The van der Waals surface area contributed by atoms with Crippen molar-refractivity contribution in [3.63, 3.8) is 0 Å². The van der Waals surface area contributed by atoms with E-state index >= 15 is 0 Å². The van der Waals surface area contributed by atoms with Crippen molar-refractivity contribution < 1.29 is 0 Å². The van der Waals surface area contributed by atoms with Crippen LogP contribution in [0, 0.1) is 5.92 Å². The van der Waals surface area contributed by atoms with Gasteiger partial charge in [-0.05, 0) is 25.3 Å². The van der Waals surface area contributed by atoms with Gasteiger partial charge in [0.05, 0.1) is 6.33 Å². The summed E-state index contributed by atoms with van der Waals surface area (Å²) in [5.74, 6) is 0.762. The molecule has 0 aliphatic carbocycles. The van der Waals surface area contributed by atoms with Crippen molar-refractivity contribution in [2.24, 2.45) is 11.7 Å². The third-order valence-electron chi connectivity index (χ3n) is 3.66. The fraction of sp³-hybridized carbons (Fsp3) is 0.750. The molecule has 2 N–H and O–H groups in total. The topological polar surface area (TPSA) is 47.1 Å². The van der Waals surface area contributed by atoms with Gasteiger partial charge in [-0.2, -0.15) is 0 Å². The minimum absolute atomic E-state index is 0.600. The lowest BCUT2D eigenvalue weighted by molar-refractivity contribution is 0.230. The van der Waals surface area contributed by atoms with Crippen LogP contribution in [0.2, 0.25) is 0 Å². The number of likely N-dealkylation sites (tertiary alicyclic amines) is 1. The molecule has 1 aromatic heterocycles. The first-order valence-electron chi connectivity index (χ1n) is 6.21. The van der Waals surface area contributed by atoms with Gasteiger partial charge in [-0.1, -0.05) is 6.92 Å². The lowest BCUT2D eigenvalue weighted by Gasteiger charge is -2.25. The minimum atomic E-state index is 0.600. The van der Waals surface area contributed by atoms with Crippen LogP contribution in [0.5, 0.6) is 0 Å². The van der Waals surface area contributed by atoms with Crippen LogP contribution in [0.4, 0.5) is 0 Å². The van der Waals surface area contributed by atoms with Crippen molar-refractivity contribution in [3.8, 4) is 0 Å². The van der Waals surface area contributed by atoms with Gasteiger partial charge in [0, 0.05) is 38.1 Å². The second-order valence-electron chi connectivity index (χ2n) is 4.76. The highest BCUT2D eigenvalue weighted by Gasteiger charge is 2.28. The van der Waals surface area contributed by atoms with E-state index in [1.165, 1.54) is 19.4 Å². The monoisotopic (exact) mass is 222 g/mol. The molecule has 0 bridgehead atoms. The lowest BCUT2D eigenvalue weighted by atomic mass is 10.0. The third-order valence-corrected chi connectivity index (χ3v) is 3.66. The Morgan fingerprint density at radius 3 is 3.00 bits per heavy atom. The van der Waals surface area contributed by atoms with Crippen molar-refractivity contribution in [2.75, 3.05) is 19.6 Å². The second kappa shape index (κ2) is 5.46. The average Bonchev–Trinajstić information content (AvgIpc) is 2.89. The quantitative estimate of drug-likeness (QED) is 0.806. The van der Waals surface area contributed by atoms with E-state index in [1.807, 2.05) is 18.7 Å². The van der Waals surface area contributed by atoms with Gasteiger partial charge in [-0.25, -0.2) is 4.98 Å². The van der Waals surface area contributed by atoms with Crippen molar-refractivity contribution in [2.45, 2.75) is 32.4 Å². The molecule has 2 unspecified atom stereocenters. The molecule has 1 aromatic rings. The SMILES string of the molecule is CC1CCN(CCCn2ccnc2)C1CN. The number of aromatic nitrogens is 2. The van der Waals surface area contributed by atoms with Gasteiger partial charge in [-0.3, -0.25) is 4.90 Å². The molecule has 4 heteroatoms. The van der Waals surface area contributed by atoms with Crippen molar-refractivity contribution >= 4 is 0 Å². The van der Waals surface area contributed by atoms with E-state index in [1.54, 1.807) is 0 Å².